The average molecular weight is 204 g/mol. The van der Waals surface area contributed by atoms with Crippen molar-refractivity contribution in [2.75, 3.05) is 6.54 Å². The van der Waals surface area contributed by atoms with E-state index in [9.17, 15) is 0 Å². The minimum atomic E-state index is 0.696. The Balaban J connectivity index is 2.09. The summed E-state index contributed by atoms with van der Waals surface area (Å²) in [6.07, 6.45) is 9.74. The van der Waals surface area contributed by atoms with E-state index in [0.29, 0.717) is 6.54 Å². The van der Waals surface area contributed by atoms with Gasteiger partial charge in [-0.15, -0.1) is 0 Å². The van der Waals surface area contributed by atoms with Gasteiger partial charge in [-0.2, -0.15) is 0 Å². The van der Waals surface area contributed by atoms with Gasteiger partial charge in [0.2, 0.25) is 0 Å². The van der Waals surface area contributed by atoms with Crippen LogP contribution in [-0.2, 0) is 6.42 Å². The standard InChI is InChI=1S/C13H20N2/c14-8-6-13-10-12(7-9-15-13)11-4-2-1-3-5-11/h7,9-11H,1-6,8,14H2. The average Bonchev–Trinajstić information content (AvgIpc) is 2.31. The van der Waals surface area contributed by atoms with Crippen molar-refractivity contribution >= 4 is 0 Å². The lowest BCUT2D eigenvalue weighted by molar-refractivity contribution is 0.443. The quantitative estimate of drug-likeness (QED) is 0.822. The summed E-state index contributed by atoms with van der Waals surface area (Å²) in [6, 6.07) is 4.43. The highest BCUT2D eigenvalue weighted by Gasteiger charge is 2.15. The summed E-state index contributed by atoms with van der Waals surface area (Å²) in [7, 11) is 0. The van der Waals surface area contributed by atoms with Gasteiger partial charge < -0.3 is 5.73 Å². The molecule has 1 saturated carbocycles. The molecule has 2 N–H and O–H groups in total. The smallest absolute Gasteiger partial charge is 0.0419 e. The highest BCUT2D eigenvalue weighted by molar-refractivity contribution is 5.21. The summed E-state index contributed by atoms with van der Waals surface area (Å²) < 4.78 is 0. The van der Waals surface area contributed by atoms with Crippen molar-refractivity contribution in [2.45, 2.75) is 44.4 Å². The van der Waals surface area contributed by atoms with Crippen molar-refractivity contribution in [3.63, 3.8) is 0 Å². The lowest BCUT2D eigenvalue weighted by Gasteiger charge is -2.22. The number of nitrogens with zero attached hydrogens (tertiary/aromatic N) is 1. The van der Waals surface area contributed by atoms with Crippen LogP contribution in [0.25, 0.3) is 0 Å². The Morgan fingerprint density at radius 3 is 2.80 bits per heavy atom. The van der Waals surface area contributed by atoms with Crippen LogP contribution in [0.5, 0.6) is 0 Å². The maximum atomic E-state index is 5.55. The molecule has 0 spiro atoms. The Hall–Kier alpha value is -0.890. The number of hydrogen-bond donors (Lipinski definition) is 1. The second kappa shape index (κ2) is 5.26. The maximum Gasteiger partial charge on any atom is 0.0419 e. The zero-order valence-corrected chi connectivity index (χ0v) is 9.28. The lowest BCUT2D eigenvalue weighted by atomic mass is 9.84. The number of pyridine rings is 1. The van der Waals surface area contributed by atoms with Gasteiger partial charge in [-0.05, 0) is 43.0 Å². The number of aromatic nitrogens is 1. The third kappa shape index (κ3) is 2.78. The summed E-state index contributed by atoms with van der Waals surface area (Å²) >= 11 is 0. The van der Waals surface area contributed by atoms with E-state index in [1.54, 1.807) is 0 Å². The van der Waals surface area contributed by atoms with E-state index < -0.39 is 0 Å². The van der Waals surface area contributed by atoms with Crippen LogP contribution in [-0.4, -0.2) is 11.5 Å². The fraction of sp³-hybridized carbons (Fsp3) is 0.615. The minimum Gasteiger partial charge on any atom is -0.330 e. The summed E-state index contributed by atoms with van der Waals surface area (Å²) in [5.41, 5.74) is 8.18. The van der Waals surface area contributed by atoms with Crippen LogP contribution >= 0.6 is 0 Å². The SMILES string of the molecule is NCCc1cc(C2CCCCC2)ccn1. The minimum absolute atomic E-state index is 0.696. The van der Waals surface area contributed by atoms with Crippen LogP contribution in [0, 0.1) is 0 Å². The van der Waals surface area contributed by atoms with Crippen molar-refractivity contribution < 1.29 is 0 Å². The molecule has 0 aliphatic heterocycles. The normalized spacial score (nSPS) is 17.9. The van der Waals surface area contributed by atoms with Gasteiger partial charge in [-0.1, -0.05) is 19.3 Å². The molecule has 0 radical (unpaired) electrons. The third-order valence-electron chi connectivity index (χ3n) is 3.32. The van der Waals surface area contributed by atoms with Crippen LogP contribution in [0.2, 0.25) is 0 Å². The van der Waals surface area contributed by atoms with Crippen molar-refractivity contribution in [1.82, 2.24) is 4.98 Å². The van der Waals surface area contributed by atoms with Gasteiger partial charge in [0.1, 0.15) is 0 Å². The second-order valence-corrected chi connectivity index (χ2v) is 4.45. The van der Waals surface area contributed by atoms with Gasteiger partial charge in [0.25, 0.3) is 0 Å². The van der Waals surface area contributed by atoms with Crippen LogP contribution in [0.1, 0.15) is 49.3 Å². The molecule has 1 aliphatic carbocycles. The lowest BCUT2D eigenvalue weighted by Crippen LogP contribution is -2.08. The van der Waals surface area contributed by atoms with E-state index >= 15 is 0 Å². The highest BCUT2D eigenvalue weighted by atomic mass is 14.7. The third-order valence-corrected chi connectivity index (χ3v) is 3.32. The molecule has 0 atom stereocenters. The molecule has 1 aliphatic rings. The fourth-order valence-electron chi connectivity index (χ4n) is 2.47. The van der Waals surface area contributed by atoms with E-state index in [1.807, 2.05) is 6.20 Å². The monoisotopic (exact) mass is 204 g/mol. The van der Waals surface area contributed by atoms with Gasteiger partial charge >= 0.3 is 0 Å². The molecule has 0 bridgehead atoms. The number of hydrogen-bond acceptors (Lipinski definition) is 2. The van der Waals surface area contributed by atoms with Gasteiger partial charge in [-0.25, -0.2) is 0 Å². The topological polar surface area (TPSA) is 38.9 Å². The Kier molecular flexibility index (Phi) is 3.73. The molecule has 82 valence electrons. The first-order valence-corrected chi connectivity index (χ1v) is 6.05. The van der Waals surface area contributed by atoms with E-state index in [-0.39, 0.29) is 0 Å². The molecule has 2 heteroatoms. The van der Waals surface area contributed by atoms with Crippen LogP contribution < -0.4 is 5.73 Å². The first-order chi connectivity index (χ1) is 7.40. The summed E-state index contributed by atoms with van der Waals surface area (Å²) in [6.45, 7) is 0.696. The molecule has 0 amide bonds. The number of nitrogens with two attached hydrogens (primary N) is 1. The molecule has 2 rings (SSSR count). The van der Waals surface area contributed by atoms with Crippen LogP contribution in [0.4, 0.5) is 0 Å². The Morgan fingerprint density at radius 2 is 2.07 bits per heavy atom. The maximum absolute atomic E-state index is 5.55. The van der Waals surface area contributed by atoms with Gasteiger partial charge in [0.05, 0.1) is 0 Å². The molecular weight excluding hydrogens is 184 g/mol. The molecule has 15 heavy (non-hydrogen) atoms. The zero-order chi connectivity index (χ0) is 10.5. The zero-order valence-electron chi connectivity index (χ0n) is 9.28. The van der Waals surface area contributed by atoms with Crippen molar-refractivity contribution in [3.8, 4) is 0 Å². The van der Waals surface area contributed by atoms with Gasteiger partial charge in [-0.3, -0.25) is 4.98 Å². The second-order valence-electron chi connectivity index (χ2n) is 4.45. The number of rotatable bonds is 3. The molecule has 1 heterocycles. The molecule has 0 saturated heterocycles. The van der Waals surface area contributed by atoms with E-state index in [4.69, 9.17) is 5.73 Å². The summed E-state index contributed by atoms with van der Waals surface area (Å²) in [4.78, 5) is 4.34. The molecule has 1 fully saturated rings. The van der Waals surface area contributed by atoms with Gasteiger partial charge in [0.15, 0.2) is 0 Å². The van der Waals surface area contributed by atoms with E-state index in [2.05, 4.69) is 17.1 Å². The Bertz CT molecular complexity index is 303. The fourth-order valence-corrected chi connectivity index (χ4v) is 2.47. The molecule has 0 aromatic carbocycles. The Morgan fingerprint density at radius 1 is 1.27 bits per heavy atom. The summed E-state index contributed by atoms with van der Waals surface area (Å²) in [5.74, 6) is 0.776. The van der Waals surface area contributed by atoms with Gasteiger partial charge in [0, 0.05) is 18.3 Å². The summed E-state index contributed by atoms with van der Waals surface area (Å²) in [5, 5.41) is 0. The molecule has 0 unspecified atom stereocenters. The largest absolute Gasteiger partial charge is 0.330 e. The molecule has 1 aromatic heterocycles. The first kappa shape index (κ1) is 10.6. The van der Waals surface area contributed by atoms with E-state index in [0.717, 1.165) is 18.0 Å². The highest BCUT2D eigenvalue weighted by Crippen LogP contribution is 2.32. The predicted octanol–water partition coefficient (Wildman–Crippen LogP) is 2.63. The van der Waals surface area contributed by atoms with Crippen molar-refractivity contribution in [1.29, 1.82) is 0 Å². The molecule has 2 nitrogen and oxygen atoms in total. The van der Waals surface area contributed by atoms with Crippen molar-refractivity contribution in [3.05, 3.63) is 29.6 Å². The van der Waals surface area contributed by atoms with E-state index in [1.165, 1.54) is 37.7 Å². The first-order valence-electron chi connectivity index (χ1n) is 6.05. The van der Waals surface area contributed by atoms with Crippen molar-refractivity contribution in [2.24, 2.45) is 5.73 Å². The van der Waals surface area contributed by atoms with Crippen LogP contribution in [0.3, 0.4) is 0 Å². The van der Waals surface area contributed by atoms with Crippen LogP contribution in [0.15, 0.2) is 18.3 Å². The molecule has 1 aromatic rings. The Labute approximate surface area is 91.9 Å². The predicted molar refractivity (Wildman–Crippen MR) is 62.8 cm³/mol. The molecular formula is C13H20N2.